The molecule has 1 aliphatic rings. The largest absolute Gasteiger partial charge is 0.418 e. The average Bonchev–Trinajstić information content (AvgIpc) is 3.34. The first-order valence-electron chi connectivity index (χ1n) is 10.6. The van der Waals surface area contributed by atoms with Crippen LogP contribution >= 0.6 is 0 Å². The standard InChI is InChI=1S/C22H20F6N6O2/c1-21(2,25)20(36)33-7-14(24)15(8-33)32-19(35)11-3-10(4-12(23)5-11)16-6-13(22(26,27)28)17-18(29)30-9-31-34(16)17/h3-6,9,14-15H,7-8H2,1-2H3,(H,32,35)(H2,29,30,31)/t14-,15+/m0/s1. The van der Waals surface area contributed by atoms with Crippen LogP contribution in [0.15, 0.2) is 30.6 Å². The quantitative estimate of drug-likeness (QED) is 0.521. The fraction of sp³-hybridized carbons (Fsp3) is 0.364. The molecule has 192 valence electrons. The number of hydrogen-bond donors (Lipinski definition) is 2. The number of nitrogen functional groups attached to an aromatic ring is 1. The lowest BCUT2D eigenvalue weighted by Crippen LogP contribution is -2.44. The van der Waals surface area contributed by atoms with E-state index in [1.165, 1.54) is 0 Å². The predicted octanol–water partition coefficient (Wildman–Crippen LogP) is 3.16. The second kappa shape index (κ2) is 8.68. The number of anilines is 1. The van der Waals surface area contributed by atoms with E-state index in [0.29, 0.717) is 6.07 Å². The van der Waals surface area contributed by atoms with Crippen LogP contribution in [0.1, 0.15) is 29.8 Å². The molecule has 0 radical (unpaired) electrons. The molecule has 3 heterocycles. The summed E-state index contributed by atoms with van der Waals surface area (Å²) >= 11 is 0. The molecule has 0 saturated carbocycles. The molecule has 2 amide bonds. The molecule has 0 bridgehead atoms. The van der Waals surface area contributed by atoms with E-state index in [4.69, 9.17) is 5.73 Å². The summed E-state index contributed by atoms with van der Waals surface area (Å²) in [5.41, 5.74) is 1.01. The van der Waals surface area contributed by atoms with Gasteiger partial charge in [-0.15, -0.1) is 0 Å². The zero-order valence-corrected chi connectivity index (χ0v) is 18.9. The Labute approximate surface area is 200 Å². The summed E-state index contributed by atoms with van der Waals surface area (Å²) in [5.74, 6) is -3.30. The zero-order valence-electron chi connectivity index (χ0n) is 18.9. The zero-order chi connectivity index (χ0) is 26.6. The summed E-state index contributed by atoms with van der Waals surface area (Å²) in [5, 5.41) is 6.11. The van der Waals surface area contributed by atoms with Crippen molar-refractivity contribution in [3.05, 3.63) is 47.5 Å². The van der Waals surface area contributed by atoms with Crippen LogP contribution in [0.2, 0.25) is 0 Å². The Bertz CT molecular complexity index is 1350. The van der Waals surface area contributed by atoms with Gasteiger partial charge in [-0.25, -0.2) is 22.7 Å². The highest BCUT2D eigenvalue weighted by Crippen LogP contribution is 2.38. The smallest absolute Gasteiger partial charge is 0.382 e. The molecule has 8 nitrogen and oxygen atoms in total. The molecule has 3 N–H and O–H groups in total. The highest BCUT2D eigenvalue weighted by atomic mass is 19.4. The Morgan fingerprint density at radius 2 is 1.81 bits per heavy atom. The van der Waals surface area contributed by atoms with E-state index < -0.39 is 65.1 Å². The van der Waals surface area contributed by atoms with E-state index in [1.54, 1.807) is 0 Å². The average molecular weight is 514 g/mol. The van der Waals surface area contributed by atoms with E-state index in [1.807, 2.05) is 0 Å². The van der Waals surface area contributed by atoms with Gasteiger partial charge in [-0.05, 0) is 38.1 Å². The normalized spacial score (nSPS) is 18.6. The lowest BCUT2D eigenvalue weighted by atomic mass is 10.1. The van der Waals surface area contributed by atoms with Crippen LogP contribution in [0.5, 0.6) is 0 Å². The van der Waals surface area contributed by atoms with Crippen LogP contribution in [-0.2, 0) is 11.0 Å². The van der Waals surface area contributed by atoms with Gasteiger partial charge in [0.1, 0.15) is 23.8 Å². The van der Waals surface area contributed by atoms with Crippen LogP contribution in [0.4, 0.5) is 32.2 Å². The van der Waals surface area contributed by atoms with Crippen LogP contribution < -0.4 is 11.1 Å². The number of rotatable bonds is 4. The fourth-order valence-corrected chi connectivity index (χ4v) is 4.05. The summed E-state index contributed by atoms with van der Waals surface area (Å²) in [4.78, 5) is 29.4. The Morgan fingerprint density at radius 1 is 1.11 bits per heavy atom. The second-order valence-corrected chi connectivity index (χ2v) is 8.85. The number of halogens is 6. The maximum Gasteiger partial charge on any atom is 0.418 e. The summed E-state index contributed by atoms with van der Waals surface area (Å²) in [6.45, 7) is 1.30. The highest BCUT2D eigenvalue weighted by Gasteiger charge is 2.41. The van der Waals surface area contributed by atoms with Gasteiger partial charge in [-0.1, -0.05) is 0 Å². The summed E-state index contributed by atoms with van der Waals surface area (Å²) in [6.07, 6.45) is -5.62. The van der Waals surface area contributed by atoms with E-state index >= 15 is 0 Å². The Kier molecular flexibility index (Phi) is 6.09. The molecule has 4 rings (SSSR count). The molecule has 0 aliphatic carbocycles. The first-order valence-corrected chi connectivity index (χ1v) is 10.6. The fourth-order valence-electron chi connectivity index (χ4n) is 4.05. The topological polar surface area (TPSA) is 106 Å². The number of hydrogen-bond acceptors (Lipinski definition) is 5. The molecule has 1 fully saturated rings. The minimum Gasteiger partial charge on any atom is -0.382 e. The van der Waals surface area contributed by atoms with Crippen molar-refractivity contribution in [3.8, 4) is 11.3 Å². The highest BCUT2D eigenvalue weighted by molar-refractivity contribution is 5.96. The predicted molar refractivity (Wildman–Crippen MR) is 116 cm³/mol. The van der Waals surface area contributed by atoms with E-state index in [2.05, 4.69) is 15.4 Å². The van der Waals surface area contributed by atoms with Crippen molar-refractivity contribution in [1.29, 1.82) is 0 Å². The number of fused-ring (bicyclic) bond motifs is 1. The van der Waals surface area contributed by atoms with Crippen molar-refractivity contribution in [2.24, 2.45) is 0 Å². The number of carbonyl (C=O) groups excluding carboxylic acids is 2. The summed E-state index contributed by atoms with van der Waals surface area (Å²) < 4.78 is 84.5. The number of likely N-dealkylation sites (tertiary alicyclic amines) is 1. The summed E-state index contributed by atoms with van der Waals surface area (Å²) in [7, 11) is 0. The molecule has 0 unspecified atom stereocenters. The van der Waals surface area contributed by atoms with Crippen LogP contribution in [0, 0.1) is 5.82 Å². The minimum atomic E-state index is -4.83. The molecule has 2 aromatic heterocycles. The third-order valence-electron chi connectivity index (χ3n) is 5.70. The third-order valence-corrected chi connectivity index (χ3v) is 5.70. The monoisotopic (exact) mass is 514 g/mol. The first kappa shape index (κ1) is 25.3. The number of carbonyl (C=O) groups is 2. The van der Waals surface area contributed by atoms with E-state index in [0.717, 1.165) is 47.8 Å². The van der Waals surface area contributed by atoms with Crippen molar-refractivity contribution in [2.75, 3.05) is 18.8 Å². The van der Waals surface area contributed by atoms with Crippen molar-refractivity contribution in [3.63, 3.8) is 0 Å². The first-order chi connectivity index (χ1) is 16.7. The van der Waals surface area contributed by atoms with Gasteiger partial charge < -0.3 is 16.0 Å². The minimum absolute atomic E-state index is 0.136. The van der Waals surface area contributed by atoms with Crippen molar-refractivity contribution in [1.82, 2.24) is 24.8 Å². The second-order valence-electron chi connectivity index (χ2n) is 8.85. The van der Waals surface area contributed by atoms with Gasteiger partial charge in [0.25, 0.3) is 11.8 Å². The number of alkyl halides is 5. The molecule has 1 saturated heterocycles. The number of amides is 2. The molecule has 1 aromatic carbocycles. The number of nitrogens with one attached hydrogen (secondary N) is 1. The van der Waals surface area contributed by atoms with Gasteiger partial charge >= 0.3 is 6.18 Å². The van der Waals surface area contributed by atoms with Gasteiger partial charge in [0.05, 0.1) is 23.8 Å². The number of benzene rings is 1. The Balaban J connectivity index is 1.66. The maximum absolute atomic E-state index is 14.5. The van der Waals surface area contributed by atoms with Crippen LogP contribution in [-0.4, -0.2) is 62.3 Å². The Morgan fingerprint density at radius 3 is 2.44 bits per heavy atom. The Hall–Kier alpha value is -3.84. The van der Waals surface area contributed by atoms with Gasteiger partial charge in [-0.2, -0.15) is 18.3 Å². The molecule has 14 heteroatoms. The summed E-state index contributed by atoms with van der Waals surface area (Å²) in [6, 6.07) is 2.32. The number of nitrogens with zero attached hydrogens (tertiary/aromatic N) is 4. The van der Waals surface area contributed by atoms with Crippen molar-refractivity contribution >= 4 is 23.1 Å². The third kappa shape index (κ3) is 4.66. The molecule has 1 aliphatic heterocycles. The molecule has 2 atom stereocenters. The lowest BCUT2D eigenvalue weighted by Gasteiger charge is -2.22. The van der Waals surface area contributed by atoms with Gasteiger partial charge in [0.2, 0.25) is 0 Å². The number of aromatic nitrogens is 3. The van der Waals surface area contributed by atoms with Crippen molar-refractivity contribution in [2.45, 2.75) is 37.9 Å². The van der Waals surface area contributed by atoms with Crippen molar-refractivity contribution < 1.29 is 35.9 Å². The van der Waals surface area contributed by atoms with Gasteiger partial charge in [0, 0.05) is 17.7 Å². The SMILES string of the molecule is CC(C)(F)C(=O)N1C[C@H](F)[C@H](NC(=O)c2cc(F)cc(-c3cc(C(F)(F)F)c4c(N)ncnn34)c2)C1. The lowest BCUT2D eigenvalue weighted by molar-refractivity contribution is -0.141. The van der Waals surface area contributed by atoms with Crippen LogP contribution in [0.25, 0.3) is 16.8 Å². The van der Waals surface area contributed by atoms with E-state index in [9.17, 15) is 35.9 Å². The van der Waals surface area contributed by atoms with E-state index in [-0.39, 0.29) is 23.4 Å². The van der Waals surface area contributed by atoms with Gasteiger partial charge in [0.15, 0.2) is 11.5 Å². The molecular weight excluding hydrogens is 494 g/mol. The molecule has 3 aromatic rings. The number of nitrogens with two attached hydrogens (primary N) is 1. The molecular formula is C22H20F6N6O2. The molecule has 36 heavy (non-hydrogen) atoms. The van der Waals surface area contributed by atoms with Gasteiger partial charge in [-0.3, -0.25) is 9.59 Å². The van der Waals surface area contributed by atoms with Crippen LogP contribution in [0.3, 0.4) is 0 Å². The maximum atomic E-state index is 14.5. The molecule has 0 spiro atoms.